The maximum atomic E-state index is 12.7. The van der Waals surface area contributed by atoms with Crippen LogP contribution in [0.4, 0.5) is 0 Å². The summed E-state index contributed by atoms with van der Waals surface area (Å²) in [5.41, 5.74) is -0.422. The third kappa shape index (κ3) is 2.85. The molecule has 1 fully saturated rings. The zero-order chi connectivity index (χ0) is 17.3. The maximum absolute atomic E-state index is 12.7. The topological polar surface area (TPSA) is 84.9 Å². The van der Waals surface area contributed by atoms with Crippen LogP contribution in [0.2, 0.25) is 0 Å². The molecule has 1 aromatic carbocycles. The van der Waals surface area contributed by atoms with Gasteiger partial charge in [-0.1, -0.05) is 0 Å². The molecule has 6 nitrogen and oxygen atoms in total. The van der Waals surface area contributed by atoms with Crippen LogP contribution < -0.4 is 10.1 Å². The monoisotopic (exact) mass is 349 g/mol. The van der Waals surface area contributed by atoms with Crippen LogP contribution in [0.5, 0.6) is 5.75 Å². The van der Waals surface area contributed by atoms with Crippen LogP contribution >= 0.6 is 11.3 Å². The summed E-state index contributed by atoms with van der Waals surface area (Å²) in [6.45, 7) is 2.52. The number of methoxy groups -OCH3 is 1. The molecule has 1 aliphatic heterocycles. The lowest BCUT2D eigenvalue weighted by atomic mass is 9.90. The average Bonchev–Trinajstić information content (AvgIpc) is 2.92. The summed E-state index contributed by atoms with van der Waals surface area (Å²) >= 11 is 1.36. The molecule has 1 aliphatic rings. The second-order valence-corrected chi connectivity index (χ2v) is 6.92. The normalized spacial score (nSPS) is 16.8. The number of rotatable bonds is 4. The van der Waals surface area contributed by atoms with Gasteiger partial charge < -0.3 is 19.9 Å². The Morgan fingerprint density at radius 2 is 2.04 bits per heavy atom. The SMILES string of the molecule is COc1ccc2sc(C(=O)NC3(C(=O)O)CCOCC3)c(C)c2c1. The van der Waals surface area contributed by atoms with E-state index in [1.807, 2.05) is 25.1 Å². The van der Waals surface area contributed by atoms with E-state index in [0.717, 1.165) is 21.4 Å². The summed E-state index contributed by atoms with van der Waals surface area (Å²) in [6.07, 6.45) is 0.539. The highest BCUT2D eigenvalue weighted by molar-refractivity contribution is 7.21. The minimum absolute atomic E-state index is 0.270. The number of aryl methyl sites for hydroxylation is 1. The Morgan fingerprint density at radius 1 is 1.33 bits per heavy atom. The summed E-state index contributed by atoms with van der Waals surface area (Å²) in [5, 5.41) is 13.3. The highest BCUT2D eigenvalue weighted by atomic mass is 32.1. The number of carboxylic acids is 1. The second-order valence-electron chi connectivity index (χ2n) is 5.87. The van der Waals surface area contributed by atoms with E-state index in [2.05, 4.69) is 5.32 Å². The van der Waals surface area contributed by atoms with Gasteiger partial charge in [-0.2, -0.15) is 0 Å². The number of carbonyl (C=O) groups excluding carboxylic acids is 1. The van der Waals surface area contributed by atoms with E-state index in [1.165, 1.54) is 11.3 Å². The molecule has 2 N–H and O–H groups in total. The number of nitrogens with one attached hydrogen (secondary N) is 1. The zero-order valence-electron chi connectivity index (χ0n) is 13.5. The van der Waals surface area contributed by atoms with Crippen LogP contribution in [0.15, 0.2) is 18.2 Å². The third-order valence-corrected chi connectivity index (χ3v) is 5.73. The van der Waals surface area contributed by atoms with Crippen LogP contribution in [0, 0.1) is 6.92 Å². The lowest BCUT2D eigenvalue weighted by Crippen LogP contribution is -2.57. The quantitative estimate of drug-likeness (QED) is 0.886. The Balaban J connectivity index is 1.93. The maximum Gasteiger partial charge on any atom is 0.329 e. The van der Waals surface area contributed by atoms with E-state index < -0.39 is 11.5 Å². The van der Waals surface area contributed by atoms with Gasteiger partial charge in [0.15, 0.2) is 0 Å². The van der Waals surface area contributed by atoms with E-state index in [1.54, 1.807) is 7.11 Å². The molecule has 1 aromatic heterocycles. The van der Waals surface area contributed by atoms with Crippen molar-refractivity contribution in [1.29, 1.82) is 0 Å². The molecule has 7 heteroatoms. The summed E-state index contributed by atoms with van der Waals surface area (Å²) < 4.78 is 11.4. The molecule has 2 aromatic rings. The number of benzene rings is 1. The number of carboxylic acid groups (broad SMARTS) is 1. The van der Waals surface area contributed by atoms with Gasteiger partial charge in [-0.15, -0.1) is 11.3 Å². The number of amides is 1. The van der Waals surface area contributed by atoms with Gasteiger partial charge in [-0.3, -0.25) is 4.79 Å². The van der Waals surface area contributed by atoms with Gasteiger partial charge in [0.25, 0.3) is 5.91 Å². The molecule has 0 radical (unpaired) electrons. The van der Waals surface area contributed by atoms with Crippen molar-refractivity contribution in [3.05, 3.63) is 28.6 Å². The average molecular weight is 349 g/mol. The van der Waals surface area contributed by atoms with Crippen molar-refractivity contribution in [2.45, 2.75) is 25.3 Å². The van der Waals surface area contributed by atoms with Gasteiger partial charge in [0.1, 0.15) is 11.3 Å². The Hall–Kier alpha value is -2.12. The van der Waals surface area contributed by atoms with E-state index in [4.69, 9.17) is 9.47 Å². The molecule has 3 rings (SSSR count). The zero-order valence-corrected chi connectivity index (χ0v) is 14.4. The highest BCUT2D eigenvalue weighted by Gasteiger charge is 2.42. The van der Waals surface area contributed by atoms with Gasteiger partial charge >= 0.3 is 5.97 Å². The van der Waals surface area contributed by atoms with Gasteiger partial charge in [0.2, 0.25) is 0 Å². The molecular weight excluding hydrogens is 330 g/mol. The number of hydrogen-bond acceptors (Lipinski definition) is 5. The third-order valence-electron chi connectivity index (χ3n) is 4.46. The van der Waals surface area contributed by atoms with Crippen LogP contribution in [-0.2, 0) is 9.53 Å². The molecule has 0 spiro atoms. The smallest absolute Gasteiger partial charge is 0.329 e. The molecule has 128 valence electrons. The van der Waals surface area contributed by atoms with Crippen LogP contribution in [0.1, 0.15) is 28.1 Å². The van der Waals surface area contributed by atoms with Crippen molar-refractivity contribution in [3.63, 3.8) is 0 Å². The second kappa shape index (κ2) is 6.41. The Bertz CT molecular complexity index is 792. The Morgan fingerprint density at radius 3 is 2.67 bits per heavy atom. The minimum Gasteiger partial charge on any atom is -0.497 e. The lowest BCUT2D eigenvalue weighted by molar-refractivity contribution is -0.148. The summed E-state index contributed by atoms with van der Waals surface area (Å²) in [5.74, 6) is -0.640. The van der Waals surface area contributed by atoms with E-state index in [0.29, 0.717) is 18.1 Å². The van der Waals surface area contributed by atoms with Crippen LogP contribution in [0.25, 0.3) is 10.1 Å². The van der Waals surface area contributed by atoms with Crippen LogP contribution in [0.3, 0.4) is 0 Å². The van der Waals surface area contributed by atoms with Crippen molar-refractivity contribution >= 4 is 33.3 Å². The first-order valence-electron chi connectivity index (χ1n) is 7.67. The van der Waals surface area contributed by atoms with E-state index in [-0.39, 0.29) is 18.7 Å². The predicted octanol–water partition coefficient (Wildman–Crippen LogP) is 2.58. The number of aliphatic carboxylic acids is 1. The molecule has 2 heterocycles. The van der Waals surface area contributed by atoms with Crippen molar-refractivity contribution < 1.29 is 24.2 Å². The molecule has 1 amide bonds. The fourth-order valence-electron chi connectivity index (χ4n) is 2.93. The largest absolute Gasteiger partial charge is 0.497 e. The van der Waals surface area contributed by atoms with E-state index in [9.17, 15) is 14.7 Å². The van der Waals surface area contributed by atoms with E-state index >= 15 is 0 Å². The minimum atomic E-state index is -1.25. The number of fused-ring (bicyclic) bond motifs is 1. The molecule has 0 bridgehead atoms. The fourth-order valence-corrected chi connectivity index (χ4v) is 4.01. The molecule has 24 heavy (non-hydrogen) atoms. The molecule has 0 atom stereocenters. The van der Waals surface area contributed by atoms with Gasteiger partial charge in [0.05, 0.1) is 12.0 Å². The number of carbonyl (C=O) groups is 2. The Labute approximate surface area is 143 Å². The Kier molecular flexibility index (Phi) is 4.47. The first-order valence-corrected chi connectivity index (χ1v) is 8.49. The lowest BCUT2D eigenvalue weighted by Gasteiger charge is -2.33. The molecule has 0 saturated carbocycles. The number of ether oxygens (including phenoxy) is 2. The van der Waals surface area contributed by atoms with Gasteiger partial charge in [-0.25, -0.2) is 4.79 Å². The first-order chi connectivity index (χ1) is 11.5. The predicted molar refractivity (Wildman–Crippen MR) is 91.0 cm³/mol. The molecule has 0 aliphatic carbocycles. The first kappa shape index (κ1) is 16.7. The van der Waals surface area contributed by atoms with Gasteiger partial charge in [-0.05, 0) is 36.1 Å². The van der Waals surface area contributed by atoms with Crippen molar-refractivity contribution in [1.82, 2.24) is 5.32 Å². The fraction of sp³-hybridized carbons (Fsp3) is 0.412. The van der Waals surface area contributed by atoms with Crippen molar-refractivity contribution in [2.75, 3.05) is 20.3 Å². The molecular formula is C17H19NO5S. The number of hydrogen-bond donors (Lipinski definition) is 2. The van der Waals surface area contributed by atoms with Crippen molar-refractivity contribution in [2.24, 2.45) is 0 Å². The standard InChI is InChI=1S/C17H19NO5S/c1-10-12-9-11(22-2)3-4-13(12)24-14(10)15(19)18-17(16(20)21)5-7-23-8-6-17/h3-4,9H,5-8H2,1-2H3,(H,18,19)(H,20,21). The highest BCUT2D eigenvalue weighted by Crippen LogP contribution is 2.34. The van der Waals surface area contributed by atoms with Crippen LogP contribution in [-0.4, -0.2) is 42.8 Å². The van der Waals surface area contributed by atoms with Gasteiger partial charge in [0, 0.05) is 30.8 Å². The summed E-state index contributed by atoms with van der Waals surface area (Å²) in [6, 6.07) is 5.64. The summed E-state index contributed by atoms with van der Waals surface area (Å²) in [4.78, 5) is 25.0. The molecule has 0 unspecified atom stereocenters. The number of thiophene rings is 1. The summed E-state index contributed by atoms with van der Waals surface area (Å²) in [7, 11) is 1.60. The van der Waals surface area contributed by atoms with Crippen molar-refractivity contribution in [3.8, 4) is 5.75 Å². The molecule has 1 saturated heterocycles.